The number of aryl methyl sites for hydroxylation is 1. The molecule has 0 fully saturated rings. The molecular formula is C16H17ClN2O2. The standard InChI is InChI=1S/C16H17ClN2O2/c1-3-21-16(20)11-5-7-14(13(18)8-11)19-15-9-12(17)6-4-10(15)2/h4-9,19H,3,18H2,1-2H3. The van der Waals surface area contributed by atoms with E-state index in [0.29, 0.717) is 28.6 Å². The molecule has 21 heavy (non-hydrogen) atoms. The number of hydrogen-bond acceptors (Lipinski definition) is 4. The molecule has 2 rings (SSSR count). The first-order valence-corrected chi connectivity index (χ1v) is 6.99. The van der Waals surface area contributed by atoms with Gasteiger partial charge in [0, 0.05) is 10.7 Å². The number of rotatable bonds is 4. The maximum Gasteiger partial charge on any atom is 0.338 e. The van der Waals surface area contributed by atoms with Gasteiger partial charge in [-0.05, 0) is 49.7 Å². The van der Waals surface area contributed by atoms with Gasteiger partial charge in [-0.2, -0.15) is 0 Å². The smallest absolute Gasteiger partial charge is 0.338 e. The molecule has 0 heterocycles. The second-order valence-electron chi connectivity index (χ2n) is 4.61. The number of hydrogen-bond donors (Lipinski definition) is 2. The summed E-state index contributed by atoms with van der Waals surface area (Å²) in [4.78, 5) is 11.6. The predicted octanol–water partition coefficient (Wildman–Crippen LogP) is 4.15. The fraction of sp³-hybridized carbons (Fsp3) is 0.188. The molecule has 0 saturated carbocycles. The third-order valence-corrected chi connectivity index (χ3v) is 3.27. The number of nitrogen functional groups attached to an aromatic ring is 1. The summed E-state index contributed by atoms with van der Waals surface area (Å²) in [6.07, 6.45) is 0. The normalized spacial score (nSPS) is 10.2. The summed E-state index contributed by atoms with van der Waals surface area (Å²) in [5.41, 5.74) is 9.53. The molecule has 4 nitrogen and oxygen atoms in total. The lowest BCUT2D eigenvalue weighted by Gasteiger charge is -2.13. The summed E-state index contributed by atoms with van der Waals surface area (Å²) in [5.74, 6) is -0.380. The van der Waals surface area contributed by atoms with Gasteiger partial charge in [0.1, 0.15) is 0 Å². The molecule has 0 amide bonds. The van der Waals surface area contributed by atoms with E-state index in [1.807, 2.05) is 25.1 Å². The molecule has 0 atom stereocenters. The van der Waals surface area contributed by atoms with E-state index in [2.05, 4.69) is 5.32 Å². The maximum absolute atomic E-state index is 11.6. The minimum absolute atomic E-state index is 0.334. The molecule has 2 aromatic rings. The van der Waals surface area contributed by atoms with E-state index < -0.39 is 0 Å². The van der Waals surface area contributed by atoms with E-state index in [1.54, 1.807) is 25.1 Å². The molecule has 0 aliphatic rings. The highest BCUT2D eigenvalue weighted by atomic mass is 35.5. The molecule has 0 aliphatic heterocycles. The van der Waals surface area contributed by atoms with Crippen LogP contribution < -0.4 is 11.1 Å². The van der Waals surface area contributed by atoms with Crippen LogP contribution in [0.3, 0.4) is 0 Å². The van der Waals surface area contributed by atoms with Crippen LogP contribution in [0.15, 0.2) is 36.4 Å². The molecule has 0 saturated heterocycles. The largest absolute Gasteiger partial charge is 0.462 e. The molecule has 3 N–H and O–H groups in total. The Morgan fingerprint density at radius 1 is 1.24 bits per heavy atom. The van der Waals surface area contributed by atoms with Gasteiger partial charge in [-0.15, -0.1) is 0 Å². The summed E-state index contributed by atoms with van der Waals surface area (Å²) >= 11 is 5.99. The van der Waals surface area contributed by atoms with E-state index >= 15 is 0 Å². The Hall–Kier alpha value is -2.20. The van der Waals surface area contributed by atoms with Crippen molar-refractivity contribution in [2.45, 2.75) is 13.8 Å². The summed E-state index contributed by atoms with van der Waals surface area (Å²) in [6.45, 7) is 4.07. The average Bonchev–Trinajstić information content (AvgIpc) is 2.45. The maximum atomic E-state index is 11.6. The Morgan fingerprint density at radius 2 is 2.00 bits per heavy atom. The van der Waals surface area contributed by atoms with Crippen molar-refractivity contribution < 1.29 is 9.53 Å². The van der Waals surface area contributed by atoms with E-state index in [-0.39, 0.29) is 5.97 Å². The number of ether oxygens (including phenoxy) is 1. The van der Waals surface area contributed by atoms with Crippen LogP contribution >= 0.6 is 11.6 Å². The van der Waals surface area contributed by atoms with Crippen molar-refractivity contribution in [1.82, 2.24) is 0 Å². The first-order valence-electron chi connectivity index (χ1n) is 6.61. The topological polar surface area (TPSA) is 64.3 Å². The zero-order valence-electron chi connectivity index (χ0n) is 11.9. The fourth-order valence-corrected chi connectivity index (χ4v) is 2.06. The molecule has 0 aromatic heterocycles. The van der Waals surface area contributed by atoms with E-state index in [4.69, 9.17) is 22.1 Å². The van der Waals surface area contributed by atoms with Gasteiger partial charge in [0.2, 0.25) is 0 Å². The highest BCUT2D eigenvalue weighted by Gasteiger charge is 2.09. The predicted molar refractivity (Wildman–Crippen MR) is 86.3 cm³/mol. The third-order valence-electron chi connectivity index (χ3n) is 3.03. The van der Waals surface area contributed by atoms with Gasteiger partial charge < -0.3 is 15.8 Å². The number of anilines is 3. The van der Waals surface area contributed by atoms with Crippen LogP contribution in [0.25, 0.3) is 0 Å². The molecule has 0 unspecified atom stereocenters. The highest BCUT2D eigenvalue weighted by Crippen LogP contribution is 2.28. The van der Waals surface area contributed by atoms with Gasteiger partial charge in [-0.1, -0.05) is 17.7 Å². The number of carbonyl (C=O) groups excluding carboxylic acids is 1. The van der Waals surface area contributed by atoms with Crippen LogP contribution in [0.2, 0.25) is 5.02 Å². The minimum Gasteiger partial charge on any atom is -0.462 e. The van der Waals surface area contributed by atoms with Crippen LogP contribution in [-0.4, -0.2) is 12.6 Å². The van der Waals surface area contributed by atoms with E-state index in [1.165, 1.54) is 0 Å². The van der Waals surface area contributed by atoms with Crippen molar-refractivity contribution in [3.05, 3.63) is 52.5 Å². The van der Waals surface area contributed by atoms with Crippen LogP contribution in [0.1, 0.15) is 22.8 Å². The SMILES string of the molecule is CCOC(=O)c1ccc(Nc2cc(Cl)ccc2C)c(N)c1. The average molecular weight is 305 g/mol. The lowest BCUT2D eigenvalue weighted by atomic mass is 10.1. The number of esters is 1. The Kier molecular flexibility index (Phi) is 4.70. The summed E-state index contributed by atoms with van der Waals surface area (Å²) in [6, 6.07) is 10.6. The molecular weight excluding hydrogens is 288 g/mol. The summed E-state index contributed by atoms with van der Waals surface area (Å²) in [5, 5.41) is 3.86. The minimum atomic E-state index is -0.380. The van der Waals surface area contributed by atoms with Gasteiger partial charge in [0.15, 0.2) is 0 Å². The molecule has 5 heteroatoms. The molecule has 0 bridgehead atoms. The Bertz CT molecular complexity index is 671. The lowest BCUT2D eigenvalue weighted by Crippen LogP contribution is -2.06. The van der Waals surface area contributed by atoms with Gasteiger partial charge in [0.25, 0.3) is 0 Å². The van der Waals surface area contributed by atoms with Crippen LogP contribution in [0.4, 0.5) is 17.1 Å². The zero-order valence-corrected chi connectivity index (χ0v) is 12.7. The second-order valence-corrected chi connectivity index (χ2v) is 5.04. The van der Waals surface area contributed by atoms with Crippen LogP contribution in [-0.2, 0) is 4.74 Å². The quantitative estimate of drug-likeness (QED) is 0.658. The fourth-order valence-electron chi connectivity index (χ4n) is 1.89. The number of halogens is 1. The Labute approximate surface area is 128 Å². The zero-order chi connectivity index (χ0) is 15.4. The van der Waals surface area contributed by atoms with Crippen molar-refractivity contribution >= 4 is 34.6 Å². The van der Waals surface area contributed by atoms with Crippen molar-refractivity contribution in [3.63, 3.8) is 0 Å². The van der Waals surface area contributed by atoms with Crippen molar-refractivity contribution in [2.75, 3.05) is 17.7 Å². The monoisotopic (exact) mass is 304 g/mol. The number of nitrogens with one attached hydrogen (secondary N) is 1. The summed E-state index contributed by atoms with van der Waals surface area (Å²) < 4.78 is 4.94. The third kappa shape index (κ3) is 3.67. The van der Waals surface area contributed by atoms with E-state index in [9.17, 15) is 4.79 Å². The van der Waals surface area contributed by atoms with Gasteiger partial charge >= 0.3 is 5.97 Å². The Morgan fingerprint density at radius 3 is 2.67 bits per heavy atom. The number of benzene rings is 2. The van der Waals surface area contributed by atoms with Crippen molar-refractivity contribution in [2.24, 2.45) is 0 Å². The Balaban J connectivity index is 2.25. The number of nitrogens with two attached hydrogens (primary N) is 1. The van der Waals surface area contributed by atoms with Gasteiger partial charge in [0.05, 0.1) is 23.5 Å². The van der Waals surface area contributed by atoms with Gasteiger partial charge in [-0.3, -0.25) is 0 Å². The molecule has 2 aromatic carbocycles. The number of carbonyl (C=O) groups is 1. The van der Waals surface area contributed by atoms with Crippen LogP contribution in [0, 0.1) is 6.92 Å². The molecule has 0 spiro atoms. The van der Waals surface area contributed by atoms with Crippen molar-refractivity contribution in [1.29, 1.82) is 0 Å². The highest BCUT2D eigenvalue weighted by molar-refractivity contribution is 6.30. The van der Waals surface area contributed by atoms with Gasteiger partial charge in [-0.25, -0.2) is 4.79 Å². The van der Waals surface area contributed by atoms with E-state index in [0.717, 1.165) is 11.3 Å². The molecule has 110 valence electrons. The lowest BCUT2D eigenvalue weighted by molar-refractivity contribution is 0.0526. The first-order chi connectivity index (χ1) is 10.0. The van der Waals surface area contributed by atoms with Crippen molar-refractivity contribution in [3.8, 4) is 0 Å². The molecule has 0 aliphatic carbocycles. The van der Waals surface area contributed by atoms with Crippen LogP contribution in [0.5, 0.6) is 0 Å². The second kappa shape index (κ2) is 6.50. The first kappa shape index (κ1) is 15.2. The summed E-state index contributed by atoms with van der Waals surface area (Å²) in [7, 11) is 0. The molecule has 0 radical (unpaired) electrons.